The van der Waals surface area contributed by atoms with E-state index in [9.17, 15) is 9.59 Å². The summed E-state index contributed by atoms with van der Waals surface area (Å²) in [5, 5.41) is 6.89. The molecule has 0 radical (unpaired) electrons. The maximum absolute atomic E-state index is 12.5. The number of carbonyl (C=O) groups is 2. The lowest BCUT2D eigenvalue weighted by Crippen LogP contribution is -2.52. The number of hydrogen-bond acceptors (Lipinski definition) is 5. The van der Waals surface area contributed by atoms with E-state index >= 15 is 0 Å². The molecule has 0 spiro atoms. The van der Waals surface area contributed by atoms with Crippen LogP contribution in [0.3, 0.4) is 0 Å². The van der Waals surface area contributed by atoms with Crippen LogP contribution in [0.15, 0.2) is 30.5 Å². The van der Waals surface area contributed by atoms with E-state index in [1.54, 1.807) is 24.3 Å². The fourth-order valence-corrected chi connectivity index (χ4v) is 3.01. The van der Waals surface area contributed by atoms with Gasteiger partial charge in [0.25, 0.3) is 5.91 Å². The van der Waals surface area contributed by atoms with Gasteiger partial charge in [0.1, 0.15) is 10.9 Å². The van der Waals surface area contributed by atoms with Gasteiger partial charge in [-0.1, -0.05) is 34.3 Å². The van der Waals surface area contributed by atoms with E-state index < -0.39 is 6.04 Å². The highest BCUT2D eigenvalue weighted by Gasteiger charge is 2.36. The van der Waals surface area contributed by atoms with Gasteiger partial charge in [-0.3, -0.25) is 9.59 Å². The summed E-state index contributed by atoms with van der Waals surface area (Å²) in [6.45, 7) is 0.829. The van der Waals surface area contributed by atoms with Crippen LogP contribution in [0.2, 0.25) is 5.02 Å². The van der Waals surface area contributed by atoms with Crippen LogP contribution >= 0.6 is 23.1 Å². The predicted molar refractivity (Wildman–Crippen MR) is 78.1 cm³/mol. The number of amides is 2. The molecule has 1 aliphatic rings. The van der Waals surface area contributed by atoms with Crippen molar-refractivity contribution in [1.29, 1.82) is 0 Å². The number of nitrogens with one attached hydrogen (secondary N) is 1. The number of benzene rings is 1. The second kappa shape index (κ2) is 5.79. The highest BCUT2D eigenvalue weighted by atomic mass is 35.5. The Hall–Kier alpha value is -1.99. The van der Waals surface area contributed by atoms with Crippen molar-refractivity contribution in [1.82, 2.24) is 19.8 Å². The maximum Gasteiger partial charge on any atom is 0.268 e. The third-order valence-corrected chi connectivity index (χ3v) is 4.24. The smallest absolute Gasteiger partial charge is 0.268 e. The first-order chi connectivity index (χ1) is 10.2. The first-order valence-electron chi connectivity index (χ1n) is 6.29. The molecule has 6 nitrogen and oxygen atoms in total. The highest BCUT2D eigenvalue weighted by molar-refractivity contribution is 7.07. The second-order valence-electron chi connectivity index (χ2n) is 4.50. The molecule has 1 aromatic heterocycles. The summed E-state index contributed by atoms with van der Waals surface area (Å²) < 4.78 is 3.69. The Bertz CT molecular complexity index is 677. The van der Waals surface area contributed by atoms with Crippen molar-refractivity contribution >= 4 is 34.9 Å². The lowest BCUT2D eigenvalue weighted by molar-refractivity contribution is -0.128. The molecular formula is C13H11ClN4O2S. The summed E-state index contributed by atoms with van der Waals surface area (Å²) in [5.41, 5.74) is 0.613. The summed E-state index contributed by atoms with van der Waals surface area (Å²) >= 11 is 7.19. The van der Waals surface area contributed by atoms with Crippen LogP contribution in [0, 0.1) is 0 Å². The van der Waals surface area contributed by atoms with Gasteiger partial charge in [-0.25, -0.2) is 0 Å². The molecule has 1 atom stereocenters. The van der Waals surface area contributed by atoms with Crippen LogP contribution < -0.4 is 5.32 Å². The first kappa shape index (κ1) is 14.0. The Labute approximate surface area is 129 Å². The minimum absolute atomic E-state index is 0.236. The van der Waals surface area contributed by atoms with Gasteiger partial charge in [-0.15, -0.1) is 5.10 Å². The van der Waals surface area contributed by atoms with Gasteiger partial charge < -0.3 is 10.2 Å². The third-order valence-electron chi connectivity index (χ3n) is 3.24. The predicted octanol–water partition coefficient (Wildman–Crippen LogP) is 1.50. The van der Waals surface area contributed by atoms with E-state index in [0.717, 1.165) is 11.5 Å². The number of hydrogen-bond donors (Lipinski definition) is 1. The Morgan fingerprint density at radius 3 is 2.95 bits per heavy atom. The first-order valence-corrected chi connectivity index (χ1v) is 7.44. The van der Waals surface area contributed by atoms with Crippen molar-refractivity contribution in [3.05, 3.63) is 45.9 Å². The molecule has 0 unspecified atom stereocenters. The molecule has 1 aliphatic heterocycles. The Kier molecular flexibility index (Phi) is 3.85. The van der Waals surface area contributed by atoms with Gasteiger partial charge in [0.2, 0.25) is 5.91 Å². The van der Waals surface area contributed by atoms with E-state index in [0.29, 0.717) is 28.6 Å². The molecule has 1 fully saturated rings. The number of nitrogens with zero attached hydrogens (tertiary/aromatic N) is 3. The molecule has 2 aromatic rings. The normalized spacial score (nSPS) is 18.4. The molecule has 1 N–H and O–H groups in total. The molecule has 0 aliphatic carbocycles. The molecule has 0 bridgehead atoms. The number of carbonyl (C=O) groups excluding carboxylic acids is 2. The zero-order valence-corrected chi connectivity index (χ0v) is 12.4. The zero-order valence-electron chi connectivity index (χ0n) is 10.8. The average molecular weight is 323 g/mol. The van der Waals surface area contributed by atoms with Crippen molar-refractivity contribution in [2.45, 2.75) is 6.04 Å². The molecule has 0 saturated carbocycles. The van der Waals surface area contributed by atoms with Crippen molar-refractivity contribution in [3.63, 3.8) is 0 Å². The third kappa shape index (κ3) is 2.62. The number of halogens is 1. The Balaban J connectivity index is 1.99. The van der Waals surface area contributed by atoms with E-state index in [2.05, 4.69) is 14.9 Å². The van der Waals surface area contributed by atoms with Gasteiger partial charge in [0, 0.05) is 23.7 Å². The molecule has 3 rings (SSSR count). The topological polar surface area (TPSA) is 75.2 Å². The summed E-state index contributed by atoms with van der Waals surface area (Å²) in [7, 11) is 0. The summed E-state index contributed by atoms with van der Waals surface area (Å²) in [6, 6.07) is 6.30. The van der Waals surface area contributed by atoms with Crippen LogP contribution in [0.1, 0.15) is 21.3 Å². The minimum atomic E-state index is -0.734. The molecule has 108 valence electrons. The van der Waals surface area contributed by atoms with Gasteiger partial charge in [0.05, 0.1) is 6.20 Å². The number of aromatic nitrogens is 2. The molecule has 1 aromatic carbocycles. The zero-order chi connectivity index (χ0) is 14.8. The van der Waals surface area contributed by atoms with Crippen molar-refractivity contribution in [2.24, 2.45) is 0 Å². The summed E-state index contributed by atoms with van der Waals surface area (Å²) in [6.07, 6.45) is 1.41. The van der Waals surface area contributed by atoms with E-state index in [4.69, 9.17) is 11.6 Å². The Morgan fingerprint density at radius 2 is 2.24 bits per heavy atom. The lowest BCUT2D eigenvalue weighted by Gasteiger charge is -2.35. The molecule has 8 heteroatoms. The van der Waals surface area contributed by atoms with Crippen LogP contribution in [0.5, 0.6) is 0 Å². The summed E-state index contributed by atoms with van der Waals surface area (Å²) in [4.78, 5) is 26.7. The monoisotopic (exact) mass is 322 g/mol. The van der Waals surface area contributed by atoms with Crippen LogP contribution in [0.4, 0.5) is 0 Å². The van der Waals surface area contributed by atoms with Crippen molar-refractivity contribution in [2.75, 3.05) is 13.1 Å². The SMILES string of the molecule is O=C1NCCN(C(=O)c2cnns2)[C@H]1c1ccccc1Cl. The molecule has 1 saturated heterocycles. The highest BCUT2D eigenvalue weighted by Crippen LogP contribution is 2.30. The van der Waals surface area contributed by atoms with Gasteiger partial charge >= 0.3 is 0 Å². The van der Waals surface area contributed by atoms with Gasteiger partial charge in [0.15, 0.2) is 0 Å². The fraction of sp³-hybridized carbons (Fsp3) is 0.231. The summed E-state index contributed by atoms with van der Waals surface area (Å²) in [5.74, 6) is -0.495. The second-order valence-corrected chi connectivity index (χ2v) is 5.69. The molecule has 2 amide bonds. The number of rotatable bonds is 2. The molecular weight excluding hydrogens is 312 g/mol. The van der Waals surface area contributed by atoms with Crippen LogP contribution in [-0.2, 0) is 4.79 Å². The van der Waals surface area contributed by atoms with Crippen LogP contribution in [-0.4, -0.2) is 39.4 Å². The van der Waals surface area contributed by atoms with Gasteiger partial charge in [-0.2, -0.15) is 0 Å². The maximum atomic E-state index is 12.5. The molecule has 2 heterocycles. The van der Waals surface area contributed by atoms with E-state index in [-0.39, 0.29) is 11.8 Å². The fourth-order valence-electron chi connectivity index (χ4n) is 2.29. The lowest BCUT2D eigenvalue weighted by atomic mass is 10.0. The number of piperazine rings is 1. The van der Waals surface area contributed by atoms with Gasteiger partial charge in [-0.05, 0) is 17.6 Å². The minimum Gasteiger partial charge on any atom is -0.352 e. The Morgan fingerprint density at radius 1 is 1.43 bits per heavy atom. The molecule has 21 heavy (non-hydrogen) atoms. The van der Waals surface area contributed by atoms with Crippen LogP contribution in [0.25, 0.3) is 0 Å². The van der Waals surface area contributed by atoms with Crippen molar-refractivity contribution < 1.29 is 9.59 Å². The standard InChI is InChI=1S/C13H11ClN4O2S/c14-9-4-2-1-3-8(9)11-12(19)15-5-6-18(11)13(20)10-7-16-17-21-10/h1-4,7,11H,5-6H2,(H,15,19)/t11-/m0/s1. The quantitative estimate of drug-likeness (QED) is 0.909. The largest absolute Gasteiger partial charge is 0.352 e. The van der Waals surface area contributed by atoms with E-state index in [1.165, 1.54) is 11.1 Å². The van der Waals surface area contributed by atoms with Crippen molar-refractivity contribution in [3.8, 4) is 0 Å². The van der Waals surface area contributed by atoms with E-state index in [1.807, 2.05) is 0 Å². The average Bonchev–Trinajstić information content (AvgIpc) is 3.01.